The standard InChI is InChI=1S/C26H27N3O2/c27-26(31)24-15-22-13-7-8-14-23(22)18-28(24)19-25(30)29(16-20-9-3-1-4-10-20)17-21-11-5-2-6-12-21/h1-14,24H,15-19H2,(H2,27,31)/t24-/m0/s1. The Morgan fingerprint density at radius 1 is 0.806 bits per heavy atom. The number of benzene rings is 3. The summed E-state index contributed by atoms with van der Waals surface area (Å²) in [6, 6.07) is 27.5. The molecule has 0 fully saturated rings. The topological polar surface area (TPSA) is 66.6 Å². The van der Waals surface area contributed by atoms with Crippen LogP contribution >= 0.6 is 0 Å². The number of carbonyl (C=O) groups excluding carboxylic acids is 2. The molecule has 3 aromatic carbocycles. The Morgan fingerprint density at radius 3 is 1.87 bits per heavy atom. The van der Waals surface area contributed by atoms with E-state index >= 15 is 0 Å². The van der Waals surface area contributed by atoms with Gasteiger partial charge in [-0.1, -0.05) is 84.9 Å². The summed E-state index contributed by atoms with van der Waals surface area (Å²) in [5.41, 5.74) is 10.1. The number of primary amides is 1. The van der Waals surface area contributed by atoms with Crippen molar-refractivity contribution < 1.29 is 9.59 Å². The van der Waals surface area contributed by atoms with Gasteiger partial charge in [-0.15, -0.1) is 0 Å². The predicted octanol–water partition coefficient (Wildman–Crippen LogP) is 3.13. The zero-order valence-corrected chi connectivity index (χ0v) is 17.5. The van der Waals surface area contributed by atoms with E-state index in [1.165, 1.54) is 0 Å². The first-order valence-corrected chi connectivity index (χ1v) is 10.6. The van der Waals surface area contributed by atoms with Gasteiger partial charge in [0.15, 0.2) is 0 Å². The molecule has 2 N–H and O–H groups in total. The average molecular weight is 414 g/mol. The highest BCUT2D eigenvalue weighted by Gasteiger charge is 2.32. The van der Waals surface area contributed by atoms with Crippen molar-refractivity contribution in [1.82, 2.24) is 9.80 Å². The van der Waals surface area contributed by atoms with Gasteiger partial charge in [0, 0.05) is 19.6 Å². The van der Waals surface area contributed by atoms with E-state index in [1.54, 1.807) is 0 Å². The van der Waals surface area contributed by atoms with Crippen LogP contribution in [0.1, 0.15) is 22.3 Å². The van der Waals surface area contributed by atoms with Gasteiger partial charge in [0.05, 0.1) is 12.6 Å². The van der Waals surface area contributed by atoms with Crippen LogP contribution in [0.25, 0.3) is 0 Å². The van der Waals surface area contributed by atoms with Crippen molar-refractivity contribution in [1.29, 1.82) is 0 Å². The molecule has 0 saturated carbocycles. The van der Waals surface area contributed by atoms with Crippen molar-refractivity contribution in [2.75, 3.05) is 6.54 Å². The van der Waals surface area contributed by atoms with Crippen LogP contribution in [0.4, 0.5) is 0 Å². The maximum absolute atomic E-state index is 13.4. The first-order chi connectivity index (χ1) is 15.1. The first-order valence-electron chi connectivity index (χ1n) is 10.6. The molecule has 0 radical (unpaired) electrons. The summed E-state index contributed by atoms with van der Waals surface area (Å²) in [7, 11) is 0. The number of hydrogen-bond donors (Lipinski definition) is 1. The Morgan fingerprint density at radius 2 is 1.32 bits per heavy atom. The van der Waals surface area contributed by atoms with Gasteiger partial charge in [0.25, 0.3) is 0 Å². The fraction of sp³-hybridized carbons (Fsp3) is 0.231. The molecular weight excluding hydrogens is 386 g/mol. The summed E-state index contributed by atoms with van der Waals surface area (Å²) >= 11 is 0. The molecule has 0 aromatic heterocycles. The summed E-state index contributed by atoms with van der Waals surface area (Å²) in [6.07, 6.45) is 0.538. The fourth-order valence-electron chi connectivity index (χ4n) is 4.14. The lowest BCUT2D eigenvalue weighted by atomic mass is 9.93. The highest BCUT2D eigenvalue weighted by molar-refractivity contribution is 5.83. The first kappa shape index (κ1) is 20.8. The highest BCUT2D eigenvalue weighted by atomic mass is 16.2. The second-order valence-corrected chi connectivity index (χ2v) is 8.02. The monoisotopic (exact) mass is 413 g/mol. The van der Waals surface area contributed by atoms with Gasteiger partial charge in [-0.25, -0.2) is 0 Å². The number of nitrogens with zero attached hydrogens (tertiary/aromatic N) is 2. The number of amides is 2. The molecule has 0 saturated heterocycles. The van der Waals surface area contributed by atoms with Crippen LogP contribution in [0, 0.1) is 0 Å². The quantitative estimate of drug-likeness (QED) is 0.647. The molecule has 5 heteroatoms. The summed E-state index contributed by atoms with van der Waals surface area (Å²) < 4.78 is 0. The van der Waals surface area contributed by atoms with Gasteiger partial charge in [0.1, 0.15) is 0 Å². The molecular formula is C26H27N3O2. The van der Waals surface area contributed by atoms with Gasteiger partial charge in [-0.3, -0.25) is 14.5 Å². The van der Waals surface area contributed by atoms with E-state index in [0.717, 1.165) is 22.3 Å². The summed E-state index contributed by atoms with van der Waals surface area (Å²) in [4.78, 5) is 29.4. The summed E-state index contributed by atoms with van der Waals surface area (Å²) in [5, 5.41) is 0. The Labute approximate surface area is 183 Å². The van der Waals surface area contributed by atoms with E-state index in [1.807, 2.05) is 88.7 Å². The normalized spacial score (nSPS) is 15.8. The zero-order chi connectivity index (χ0) is 21.6. The largest absolute Gasteiger partial charge is 0.368 e. The maximum atomic E-state index is 13.4. The minimum absolute atomic E-state index is 0.0154. The van der Waals surface area contributed by atoms with Gasteiger partial charge < -0.3 is 10.6 Å². The van der Waals surface area contributed by atoms with Crippen LogP contribution in [-0.2, 0) is 35.6 Å². The van der Waals surface area contributed by atoms with Crippen molar-refractivity contribution in [2.45, 2.75) is 32.1 Å². The molecule has 0 bridgehead atoms. The number of hydrogen-bond acceptors (Lipinski definition) is 3. The molecule has 4 rings (SSSR count). The molecule has 158 valence electrons. The third-order valence-electron chi connectivity index (χ3n) is 5.80. The molecule has 0 spiro atoms. The molecule has 1 aliphatic rings. The van der Waals surface area contributed by atoms with E-state index in [9.17, 15) is 9.59 Å². The van der Waals surface area contributed by atoms with E-state index in [-0.39, 0.29) is 18.4 Å². The molecule has 0 aliphatic carbocycles. The van der Waals surface area contributed by atoms with Gasteiger partial charge in [-0.2, -0.15) is 0 Å². The lowest BCUT2D eigenvalue weighted by Gasteiger charge is -2.36. The van der Waals surface area contributed by atoms with Crippen LogP contribution in [0.2, 0.25) is 0 Å². The lowest BCUT2D eigenvalue weighted by Crippen LogP contribution is -2.52. The fourth-order valence-corrected chi connectivity index (χ4v) is 4.14. The number of rotatable bonds is 7. The minimum atomic E-state index is -0.478. The maximum Gasteiger partial charge on any atom is 0.237 e. The molecule has 0 unspecified atom stereocenters. The van der Waals surface area contributed by atoms with Crippen molar-refractivity contribution >= 4 is 11.8 Å². The molecule has 1 heterocycles. The van der Waals surface area contributed by atoms with Gasteiger partial charge in [0.2, 0.25) is 11.8 Å². The number of nitrogens with two attached hydrogens (primary N) is 1. The average Bonchev–Trinajstić information content (AvgIpc) is 2.79. The van der Waals surface area contributed by atoms with E-state index in [0.29, 0.717) is 26.1 Å². The van der Waals surface area contributed by atoms with Crippen LogP contribution in [-0.4, -0.2) is 34.2 Å². The van der Waals surface area contributed by atoms with Gasteiger partial charge >= 0.3 is 0 Å². The van der Waals surface area contributed by atoms with Crippen molar-refractivity contribution in [2.24, 2.45) is 5.73 Å². The number of fused-ring (bicyclic) bond motifs is 1. The Hall–Kier alpha value is -3.44. The van der Waals surface area contributed by atoms with Crippen LogP contribution < -0.4 is 5.73 Å². The molecule has 1 atom stereocenters. The SMILES string of the molecule is NC(=O)[C@@H]1Cc2ccccc2CN1CC(=O)N(Cc1ccccc1)Cc1ccccc1. The Bertz CT molecular complexity index is 995. The zero-order valence-electron chi connectivity index (χ0n) is 17.5. The second-order valence-electron chi connectivity index (χ2n) is 8.02. The highest BCUT2D eigenvalue weighted by Crippen LogP contribution is 2.23. The predicted molar refractivity (Wildman–Crippen MR) is 121 cm³/mol. The summed E-state index contributed by atoms with van der Waals surface area (Å²) in [5.74, 6) is -0.404. The summed E-state index contributed by atoms with van der Waals surface area (Å²) in [6.45, 7) is 1.72. The van der Waals surface area contributed by atoms with Crippen molar-refractivity contribution in [3.63, 3.8) is 0 Å². The van der Waals surface area contributed by atoms with E-state index < -0.39 is 6.04 Å². The Balaban J connectivity index is 1.55. The molecule has 3 aromatic rings. The lowest BCUT2D eigenvalue weighted by molar-refractivity contribution is -0.136. The number of carbonyl (C=O) groups is 2. The second kappa shape index (κ2) is 9.58. The smallest absolute Gasteiger partial charge is 0.237 e. The molecule has 1 aliphatic heterocycles. The van der Waals surface area contributed by atoms with E-state index in [4.69, 9.17) is 5.73 Å². The van der Waals surface area contributed by atoms with E-state index in [2.05, 4.69) is 6.07 Å². The molecule has 31 heavy (non-hydrogen) atoms. The van der Waals surface area contributed by atoms with Crippen LogP contribution in [0.15, 0.2) is 84.9 Å². The Kier molecular flexibility index (Phi) is 6.43. The third kappa shape index (κ3) is 5.19. The van der Waals surface area contributed by atoms with Crippen LogP contribution in [0.3, 0.4) is 0 Å². The molecule has 2 amide bonds. The van der Waals surface area contributed by atoms with Crippen LogP contribution in [0.5, 0.6) is 0 Å². The van der Waals surface area contributed by atoms with Gasteiger partial charge in [-0.05, 0) is 28.7 Å². The minimum Gasteiger partial charge on any atom is -0.368 e. The molecule has 5 nitrogen and oxygen atoms in total. The van der Waals surface area contributed by atoms with Crippen molar-refractivity contribution in [3.05, 3.63) is 107 Å². The third-order valence-corrected chi connectivity index (χ3v) is 5.80. The van der Waals surface area contributed by atoms with Crippen molar-refractivity contribution in [3.8, 4) is 0 Å².